The molecule has 1 unspecified atom stereocenters. The van der Waals surface area contributed by atoms with Crippen molar-refractivity contribution in [2.24, 2.45) is 0 Å². The van der Waals surface area contributed by atoms with Crippen LogP contribution in [0.25, 0.3) is 0 Å². The molecule has 2 aromatic rings. The topological polar surface area (TPSA) is 60.9 Å². The Morgan fingerprint density at radius 3 is 2.24 bits per heavy atom. The van der Waals surface area contributed by atoms with E-state index in [2.05, 4.69) is 41.1 Å². The molecule has 0 saturated carbocycles. The number of halogens is 2. The van der Waals surface area contributed by atoms with Crippen molar-refractivity contribution >= 4 is 45.1 Å². The number of hydrogen-bond acceptors (Lipinski definition) is 5. The van der Waals surface area contributed by atoms with E-state index in [9.17, 15) is 8.42 Å². The van der Waals surface area contributed by atoms with Gasteiger partial charge in [-0.05, 0) is 54.9 Å². The van der Waals surface area contributed by atoms with E-state index in [1.54, 1.807) is 0 Å². The van der Waals surface area contributed by atoms with Crippen molar-refractivity contribution in [1.82, 2.24) is 9.80 Å². The first-order valence-corrected chi connectivity index (χ1v) is 12.6. The largest absolute Gasteiger partial charge is 0.304 e. The van der Waals surface area contributed by atoms with Crippen LogP contribution in [-0.2, 0) is 16.5 Å². The summed E-state index contributed by atoms with van der Waals surface area (Å²) in [4.78, 5) is 7.57. The third-order valence-electron chi connectivity index (χ3n) is 4.97. The van der Waals surface area contributed by atoms with Crippen molar-refractivity contribution in [3.63, 3.8) is 0 Å². The van der Waals surface area contributed by atoms with Gasteiger partial charge in [0.05, 0.1) is 6.26 Å². The number of hydrogen-bond donors (Lipinski definition) is 1. The van der Waals surface area contributed by atoms with Gasteiger partial charge in [-0.25, -0.2) is 0 Å². The van der Waals surface area contributed by atoms with Crippen LogP contribution in [0.3, 0.4) is 0 Å². The van der Waals surface area contributed by atoms with E-state index in [1.165, 1.54) is 20.9 Å². The third kappa shape index (κ3) is 6.59. The van der Waals surface area contributed by atoms with E-state index in [-0.39, 0.29) is 0 Å². The van der Waals surface area contributed by atoms with Crippen molar-refractivity contribution in [3.8, 4) is 0 Å². The Hall–Kier alpha value is -0.800. The van der Waals surface area contributed by atoms with E-state index >= 15 is 0 Å². The van der Waals surface area contributed by atoms with E-state index in [0.29, 0.717) is 12.3 Å². The number of piperazine rings is 1. The number of rotatable bonds is 1. The molecule has 0 radical (unpaired) electrons. The second-order valence-electron chi connectivity index (χ2n) is 7.33. The highest BCUT2D eigenvalue weighted by atomic mass is 35.5. The molecule has 158 valence electrons. The fourth-order valence-electron chi connectivity index (χ4n) is 3.56. The molecule has 1 saturated heterocycles. The van der Waals surface area contributed by atoms with Gasteiger partial charge in [0.1, 0.15) is 0 Å². The summed E-state index contributed by atoms with van der Waals surface area (Å²) in [5.41, 5.74) is 2.73. The lowest BCUT2D eigenvalue weighted by Crippen LogP contribution is -2.46. The van der Waals surface area contributed by atoms with Crippen LogP contribution in [0.2, 0.25) is 10.0 Å². The van der Waals surface area contributed by atoms with Crippen LogP contribution in [-0.4, -0.2) is 62.3 Å². The fourth-order valence-corrected chi connectivity index (χ4v) is 5.13. The van der Waals surface area contributed by atoms with Gasteiger partial charge in [0.2, 0.25) is 0 Å². The third-order valence-corrected chi connectivity index (χ3v) is 6.63. The van der Waals surface area contributed by atoms with Gasteiger partial charge < -0.3 is 4.90 Å². The summed E-state index contributed by atoms with van der Waals surface area (Å²) in [5, 5.41) is 1.62. The van der Waals surface area contributed by atoms with Gasteiger partial charge in [0.15, 0.2) is 0 Å². The summed E-state index contributed by atoms with van der Waals surface area (Å²) in [6.45, 7) is 4.43. The molecule has 1 N–H and O–H groups in total. The highest BCUT2D eigenvalue weighted by Gasteiger charge is 2.29. The maximum absolute atomic E-state index is 9.19. The van der Waals surface area contributed by atoms with Crippen LogP contribution in [0, 0.1) is 0 Å². The monoisotopic (exact) mass is 474 g/mol. The summed E-state index contributed by atoms with van der Waals surface area (Å²) >= 11 is 14.4. The van der Waals surface area contributed by atoms with Crippen molar-refractivity contribution in [2.45, 2.75) is 22.3 Å². The first-order valence-electron chi connectivity index (χ1n) is 9.21. The Balaban J connectivity index is 0.000000431. The fraction of sp³-hybridized carbons (Fsp3) is 0.400. The van der Waals surface area contributed by atoms with E-state index in [0.717, 1.165) is 42.6 Å². The van der Waals surface area contributed by atoms with Crippen LogP contribution in [0.15, 0.2) is 46.2 Å². The van der Waals surface area contributed by atoms with Gasteiger partial charge in [-0.1, -0.05) is 41.0 Å². The molecule has 5 nitrogen and oxygen atoms in total. The van der Waals surface area contributed by atoms with Gasteiger partial charge in [0.25, 0.3) is 10.1 Å². The second-order valence-corrected chi connectivity index (χ2v) is 10.8. The van der Waals surface area contributed by atoms with Gasteiger partial charge in [-0.15, -0.1) is 0 Å². The lowest BCUT2D eigenvalue weighted by atomic mass is 9.96. The zero-order chi connectivity index (χ0) is 21.2. The summed E-state index contributed by atoms with van der Waals surface area (Å²) < 4.78 is 25.9. The molecule has 0 spiro atoms. The summed E-state index contributed by atoms with van der Waals surface area (Å²) in [7, 11) is -1.47. The quantitative estimate of drug-likeness (QED) is 0.614. The van der Waals surface area contributed by atoms with Crippen LogP contribution < -0.4 is 0 Å². The zero-order valence-electron chi connectivity index (χ0n) is 16.3. The Bertz CT molecular complexity index is 970. The molecule has 2 aliphatic rings. The predicted molar refractivity (Wildman–Crippen MR) is 120 cm³/mol. The summed E-state index contributed by atoms with van der Waals surface area (Å²) in [6, 6.07) is 13.0. The van der Waals surface area contributed by atoms with E-state index in [1.807, 2.05) is 23.9 Å². The molecule has 0 amide bonds. The predicted octanol–water partition coefficient (Wildman–Crippen LogP) is 4.49. The maximum atomic E-state index is 9.19. The average molecular weight is 475 g/mol. The maximum Gasteiger partial charge on any atom is 0.261 e. The highest BCUT2D eigenvalue weighted by Crippen LogP contribution is 2.44. The van der Waals surface area contributed by atoms with Gasteiger partial charge in [0, 0.05) is 52.1 Å². The van der Waals surface area contributed by atoms with Crippen LogP contribution in [0.5, 0.6) is 0 Å². The minimum Gasteiger partial charge on any atom is -0.304 e. The van der Waals surface area contributed by atoms with Crippen molar-refractivity contribution < 1.29 is 13.0 Å². The van der Waals surface area contributed by atoms with Gasteiger partial charge >= 0.3 is 0 Å². The minimum atomic E-state index is -3.67. The van der Waals surface area contributed by atoms with Crippen LogP contribution in [0.1, 0.15) is 17.2 Å². The van der Waals surface area contributed by atoms with Crippen LogP contribution >= 0.6 is 35.0 Å². The molecule has 29 heavy (non-hydrogen) atoms. The Kier molecular flexibility index (Phi) is 7.54. The molecule has 9 heteroatoms. The Morgan fingerprint density at radius 1 is 1.00 bits per heavy atom. The molecule has 2 heterocycles. The number of likely N-dealkylation sites (N-methyl/N-ethyl adjacent to an activating group) is 1. The molecular formula is C20H24Cl2N2O3S2. The Morgan fingerprint density at radius 2 is 1.59 bits per heavy atom. The smallest absolute Gasteiger partial charge is 0.261 e. The number of benzene rings is 2. The Labute approximate surface area is 186 Å². The minimum absolute atomic E-state index is 0.377. The standard InChI is InChI=1S/C19H20Cl2N2S.CH4O3S/c1-22-6-8-23(9-7-22)17-10-13-2-3-15(21)12-19(13)24-18-5-4-14(20)11-16(17)18;1-5(2,3)4/h2-5,11-12,17H,6-10H2,1H3;1H3,(H,2,3,4). The lowest BCUT2D eigenvalue weighted by molar-refractivity contribution is 0.110. The first kappa shape index (κ1) is 22.9. The average Bonchev–Trinajstić information content (AvgIpc) is 2.77. The lowest BCUT2D eigenvalue weighted by Gasteiger charge is -2.38. The van der Waals surface area contributed by atoms with E-state index < -0.39 is 10.1 Å². The van der Waals surface area contributed by atoms with Crippen molar-refractivity contribution in [3.05, 3.63) is 57.6 Å². The first-order chi connectivity index (χ1) is 13.6. The molecule has 1 atom stereocenters. The highest BCUT2D eigenvalue weighted by molar-refractivity contribution is 7.99. The molecule has 0 aromatic heterocycles. The normalized spacial score (nSPS) is 20.1. The van der Waals surface area contributed by atoms with Crippen LogP contribution in [0.4, 0.5) is 0 Å². The molecular weight excluding hydrogens is 451 g/mol. The molecule has 2 aliphatic heterocycles. The molecule has 2 aromatic carbocycles. The molecule has 0 bridgehead atoms. The summed E-state index contributed by atoms with van der Waals surface area (Å²) in [5.74, 6) is 0. The van der Waals surface area contributed by atoms with Crippen molar-refractivity contribution in [1.29, 1.82) is 0 Å². The molecule has 0 aliphatic carbocycles. The van der Waals surface area contributed by atoms with Gasteiger partial charge in [-0.2, -0.15) is 8.42 Å². The summed E-state index contributed by atoms with van der Waals surface area (Å²) in [6.07, 6.45) is 1.73. The van der Waals surface area contributed by atoms with E-state index in [4.69, 9.17) is 27.8 Å². The molecule has 1 fully saturated rings. The molecule has 4 rings (SSSR count). The number of nitrogens with zero attached hydrogens (tertiary/aromatic N) is 2. The SMILES string of the molecule is CN1CCN(C2Cc3ccc(Cl)cc3Sc3ccc(Cl)cc32)CC1.CS(=O)(=O)O. The van der Waals surface area contributed by atoms with Gasteiger partial charge in [-0.3, -0.25) is 9.45 Å². The van der Waals surface area contributed by atoms with Crippen molar-refractivity contribution in [2.75, 3.05) is 39.5 Å². The zero-order valence-corrected chi connectivity index (χ0v) is 19.5. The second kappa shape index (κ2) is 9.56. The number of fused-ring (bicyclic) bond motifs is 2.